The van der Waals surface area contributed by atoms with Crippen LogP contribution >= 0.6 is 0 Å². The first-order valence-corrected chi connectivity index (χ1v) is 5.70. The van der Waals surface area contributed by atoms with E-state index < -0.39 is 0 Å². The maximum atomic E-state index is 11.9. The molecule has 4 heteroatoms. The van der Waals surface area contributed by atoms with Crippen molar-refractivity contribution in [1.82, 2.24) is 4.90 Å². The van der Waals surface area contributed by atoms with Crippen molar-refractivity contribution in [2.75, 3.05) is 26.3 Å². The highest BCUT2D eigenvalue weighted by Gasteiger charge is 2.54. The van der Waals surface area contributed by atoms with Gasteiger partial charge in [-0.3, -0.25) is 4.79 Å². The summed E-state index contributed by atoms with van der Waals surface area (Å²) >= 11 is 0. The normalized spacial score (nSPS) is 27.2. The molecule has 0 saturated carbocycles. The number of nitrogens with zero attached hydrogens (tertiary/aromatic N) is 1. The number of ether oxygens (including phenoxy) is 1. The van der Waals surface area contributed by atoms with E-state index in [0.717, 1.165) is 0 Å². The maximum Gasteiger partial charge on any atom is 0.225 e. The summed E-state index contributed by atoms with van der Waals surface area (Å²) < 4.78 is 5.24. The molecule has 4 nitrogen and oxygen atoms in total. The minimum absolute atomic E-state index is 0.00348. The Labute approximate surface area is 95.9 Å². The molecule has 2 rings (SSSR count). The molecular weight excluding hydrogens is 206 g/mol. The molecule has 0 bridgehead atoms. The van der Waals surface area contributed by atoms with E-state index in [0.29, 0.717) is 26.3 Å². The minimum Gasteiger partial charge on any atom is -0.513 e. The molecule has 1 spiro atoms. The van der Waals surface area contributed by atoms with Crippen LogP contribution in [0.1, 0.15) is 13.8 Å². The van der Waals surface area contributed by atoms with Gasteiger partial charge in [0.15, 0.2) is 0 Å². The zero-order valence-electron chi connectivity index (χ0n) is 9.90. The summed E-state index contributed by atoms with van der Waals surface area (Å²) in [7, 11) is 0. The molecule has 0 aromatic heterocycles. The molecule has 0 aromatic rings. The van der Waals surface area contributed by atoms with Crippen molar-refractivity contribution in [2.24, 2.45) is 17.3 Å². The molecule has 2 fully saturated rings. The van der Waals surface area contributed by atoms with Gasteiger partial charge in [0.05, 0.1) is 19.0 Å². The van der Waals surface area contributed by atoms with Gasteiger partial charge in [0, 0.05) is 30.3 Å². The number of carbonyl (C=O) groups is 1. The van der Waals surface area contributed by atoms with Crippen LogP contribution in [0.3, 0.4) is 0 Å². The van der Waals surface area contributed by atoms with Crippen LogP contribution < -0.4 is 0 Å². The number of carbonyl (C=O) groups excluding carboxylic acids is 1. The molecule has 1 unspecified atom stereocenters. The number of aliphatic hydroxyl groups is 1. The number of likely N-dealkylation sites (tertiary alicyclic amines) is 1. The third-order valence-corrected chi connectivity index (χ3v) is 3.63. The van der Waals surface area contributed by atoms with Gasteiger partial charge in [0.25, 0.3) is 0 Å². The summed E-state index contributed by atoms with van der Waals surface area (Å²) in [6, 6.07) is 0. The van der Waals surface area contributed by atoms with E-state index in [1.807, 2.05) is 18.7 Å². The monoisotopic (exact) mass is 225 g/mol. The van der Waals surface area contributed by atoms with E-state index in [4.69, 9.17) is 4.74 Å². The molecule has 90 valence electrons. The standard InChI is InChI=1S/C12H19NO3/c1-8(2)11(15)13-4-10(9(3)14)12(5-13)6-16-7-12/h8,10,14H,3-7H2,1-2H3. The van der Waals surface area contributed by atoms with Crippen molar-refractivity contribution in [2.45, 2.75) is 13.8 Å². The highest BCUT2D eigenvalue weighted by Crippen LogP contribution is 2.45. The molecule has 2 heterocycles. The molecule has 16 heavy (non-hydrogen) atoms. The van der Waals surface area contributed by atoms with Gasteiger partial charge in [-0.1, -0.05) is 20.4 Å². The van der Waals surface area contributed by atoms with Gasteiger partial charge >= 0.3 is 0 Å². The number of rotatable bonds is 2. The van der Waals surface area contributed by atoms with Crippen LogP contribution in [0.15, 0.2) is 12.3 Å². The smallest absolute Gasteiger partial charge is 0.225 e. The van der Waals surface area contributed by atoms with Gasteiger partial charge in [-0.2, -0.15) is 0 Å². The van der Waals surface area contributed by atoms with E-state index in [2.05, 4.69) is 6.58 Å². The van der Waals surface area contributed by atoms with Crippen molar-refractivity contribution in [3.63, 3.8) is 0 Å². The number of hydrogen-bond donors (Lipinski definition) is 1. The fourth-order valence-electron chi connectivity index (χ4n) is 2.62. The number of amides is 1. The van der Waals surface area contributed by atoms with Crippen molar-refractivity contribution >= 4 is 5.91 Å². The highest BCUT2D eigenvalue weighted by atomic mass is 16.5. The largest absolute Gasteiger partial charge is 0.513 e. The van der Waals surface area contributed by atoms with Crippen LogP contribution in [-0.4, -0.2) is 42.2 Å². The van der Waals surface area contributed by atoms with Gasteiger partial charge in [-0.05, 0) is 0 Å². The van der Waals surface area contributed by atoms with Crippen LogP contribution in [0.2, 0.25) is 0 Å². The van der Waals surface area contributed by atoms with Crippen molar-refractivity contribution in [3.05, 3.63) is 12.3 Å². The van der Waals surface area contributed by atoms with Gasteiger partial charge in [-0.15, -0.1) is 0 Å². The summed E-state index contributed by atoms with van der Waals surface area (Å²) in [5.41, 5.74) is -0.0730. The predicted octanol–water partition coefficient (Wildman–Crippen LogP) is 1.19. The summed E-state index contributed by atoms with van der Waals surface area (Å²) in [5.74, 6) is 0.310. The summed E-state index contributed by atoms with van der Waals surface area (Å²) in [6.07, 6.45) is 0. The maximum absolute atomic E-state index is 11.9. The lowest BCUT2D eigenvalue weighted by Crippen LogP contribution is -2.49. The lowest BCUT2D eigenvalue weighted by atomic mass is 9.75. The third kappa shape index (κ3) is 1.61. The second-order valence-corrected chi connectivity index (χ2v) is 5.27. The summed E-state index contributed by atoms with van der Waals surface area (Å²) in [4.78, 5) is 13.7. The Hall–Kier alpha value is -1.03. The first-order chi connectivity index (χ1) is 7.46. The van der Waals surface area contributed by atoms with Gasteiger partial charge in [-0.25, -0.2) is 0 Å². The molecule has 1 atom stereocenters. The Kier molecular flexibility index (Phi) is 2.70. The summed E-state index contributed by atoms with van der Waals surface area (Å²) in [6.45, 7) is 9.92. The quantitative estimate of drug-likeness (QED) is 0.718. The lowest BCUT2D eigenvalue weighted by Gasteiger charge is -2.41. The van der Waals surface area contributed by atoms with E-state index in [-0.39, 0.29) is 28.9 Å². The first kappa shape index (κ1) is 11.5. The average Bonchev–Trinajstić information content (AvgIpc) is 2.55. The van der Waals surface area contributed by atoms with Gasteiger partial charge < -0.3 is 14.7 Å². The van der Waals surface area contributed by atoms with Crippen molar-refractivity contribution in [3.8, 4) is 0 Å². The molecule has 2 saturated heterocycles. The molecule has 0 aromatic carbocycles. The average molecular weight is 225 g/mol. The van der Waals surface area contributed by atoms with Crippen molar-refractivity contribution in [1.29, 1.82) is 0 Å². The second-order valence-electron chi connectivity index (χ2n) is 5.27. The van der Waals surface area contributed by atoms with E-state index in [1.165, 1.54) is 0 Å². The van der Waals surface area contributed by atoms with Crippen molar-refractivity contribution < 1.29 is 14.6 Å². The van der Waals surface area contributed by atoms with E-state index in [9.17, 15) is 9.90 Å². The zero-order chi connectivity index (χ0) is 11.9. The fraction of sp³-hybridized carbons (Fsp3) is 0.750. The fourth-order valence-corrected chi connectivity index (χ4v) is 2.62. The first-order valence-electron chi connectivity index (χ1n) is 5.70. The Morgan fingerprint density at radius 3 is 2.50 bits per heavy atom. The van der Waals surface area contributed by atoms with E-state index >= 15 is 0 Å². The molecular formula is C12H19NO3. The number of hydrogen-bond acceptors (Lipinski definition) is 3. The summed E-state index contributed by atoms with van der Waals surface area (Å²) in [5, 5.41) is 9.60. The van der Waals surface area contributed by atoms with Crippen LogP contribution in [-0.2, 0) is 9.53 Å². The Morgan fingerprint density at radius 1 is 1.56 bits per heavy atom. The molecule has 2 aliphatic rings. The molecule has 0 radical (unpaired) electrons. The Bertz CT molecular complexity index is 320. The molecule has 1 amide bonds. The zero-order valence-corrected chi connectivity index (χ0v) is 9.90. The molecule has 2 aliphatic heterocycles. The predicted molar refractivity (Wildman–Crippen MR) is 59.9 cm³/mol. The van der Waals surface area contributed by atoms with Crippen LogP contribution in [0.25, 0.3) is 0 Å². The Morgan fingerprint density at radius 2 is 2.19 bits per heavy atom. The van der Waals surface area contributed by atoms with Crippen LogP contribution in [0.5, 0.6) is 0 Å². The number of aliphatic hydroxyl groups excluding tert-OH is 1. The molecule has 1 N–H and O–H groups in total. The lowest BCUT2D eigenvalue weighted by molar-refractivity contribution is -0.140. The van der Waals surface area contributed by atoms with Gasteiger partial charge in [0.1, 0.15) is 0 Å². The minimum atomic E-state index is -0.0730. The van der Waals surface area contributed by atoms with Gasteiger partial charge in [0.2, 0.25) is 5.91 Å². The van der Waals surface area contributed by atoms with Crippen LogP contribution in [0.4, 0.5) is 0 Å². The highest BCUT2D eigenvalue weighted by molar-refractivity contribution is 5.78. The molecule has 0 aliphatic carbocycles. The third-order valence-electron chi connectivity index (χ3n) is 3.63. The van der Waals surface area contributed by atoms with Crippen LogP contribution in [0, 0.1) is 17.3 Å². The SMILES string of the molecule is C=C(O)C1CN(C(=O)C(C)C)CC12COC2. The topological polar surface area (TPSA) is 49.8 Å². The second kappa shape index (κ2) is 3.77. The van der Waals surface area contributed by atoms with E-state index in [1.54, 1.807) is 0 Å². The Balaban J connectivity index is 2.13.